The van der Waals surface area contributed by atoms with Crippen molar-refractivity contribution in [2.75, 3.05) is 0 Å². The van der Waals surface area contributed by atoms with E-state index in [0.717, 1.165) is 18.5 Å². The van der Waals surface area contributed by atoms with Gasteiger partial charge in [0, 0.05) is 6.04 Å². The fourth-order valence-corrected chi connectivity index (χ4v) is 2.20. The maximum absolute atomic E-state index is 6.07. The fourth-order valence-electron chi connectivity index (χ4n) is 2.20. The van der Waals surface area contributed by atoms with Crippen LogP contribution in [0.15, 0.2) is 36.5 Å². The Labute approximate surface area is 88.5 Å². The predicted octanol–water partition coefficient (Wildman–Crippen LogP) is 1.82. The molecule has 3 nitrogen and oxygen atoms in total. The van der Waals surface area contributed by atoms with E-state index in [2.05, 4.69) is 17.2 Å². The molecule has 15 heavy (non-hydrogen) atoms. The minimum absolute atomic E-state index is 0.141. The lowest BCUT2D eigenvalue weighted by Gasteiger charge is -2.09. The van der Waals surface area contributed by atoms with Gasteiger partial charge < -0.3 is 5.73 Å². The smallest absolute Gasteiger partial charge is 0.0649 e. The van der Waals surface area contributed by atoms with Crippen molar-refractivity contribution in [3.63, 3.8) is 0 Å². The second kappa shape index (κ2) is 3.21. The molecule has 76 valence electrons. The van der Waals surface area contributed by atoms with E-state index in [9.17, 15) is 0 Å². The molecule has 0 spiro atoms. The van der Waals surface area contributed by atoms with E-state index in [1.165, 1.54) is 11.3 Å². The molecule has 2 N–H and O–H groups in total. The molecule has 0 aliphatic heterocycles. The zero-order valence-corrected chi connectivity index (χ0v) is 8.43. The summed E-state index contributed by atoms with van der Waals surface area (Å²) in [6.07, 6.45) is 4.04. The topological polar surface area (TPSA) is 43.8 Å². The lowest BCUT2D eigenvalue weighted by molar-refractivity contribution is 0.653. The molecule has 1 aliphatic carbocycles. The first-order valence-electron chi connectivity index (χ1n) is 5.24. The van der Waals surface area contributed by atoms with Gasteiger partial charge in [-0.05, 0) is 30.5 Å². The summed E-state index contributed by atoms with van der Waals surface area (Å²) in [5.74, 6) is 0. The van der Waals surface area contributed by atoms with Crippen molar-refractivity contribution in [1.29, 1.82) is 0 Å². The summed E-state index contributed by atoms with van der Waals surface area (Å²) in [6.45, 7) is 0. The van der Waals surface area contributed by atoms with E-state index >= 15 is 0 Å². The highest BCUT2D eigenvalue weighted by molar-refractivity contribution is 5.38. The average Bonchev–Trinajstić information content (AvgIpc) is 2.84. The van der Waals surface area contributed by atoms with Crippen molar-refractivity contribution in [2.45, 2.75) is 18.9 Å². The lowest BCUT2D eigenvalue weighted by Crippen LogP contribution is -2.12. The third-order valence-electron chi connectivity index (χ3n) is 2.96. The zero-order valence-electron chi connectivity index (χ0n) is 8.43. The van der Waals surface area contributed by atoms with Crippen LogP contribution in [-0.4, -0.2) is 9.78 Å². The predicted molar refractivity (Wildman–Crippen MR) is 58.8 cm³/mol. The van der Waals surface area contributed by atoms with Crippen molar-refractivity contribution in [2.24, 2.45) is 5.73 Å². The normalized spacial score (nSPS) is 19.1. The van der Waals surface area contributed by atoms with Crippen LogP contribution >= 0.6 is 0 Å². The molecule has 1 aliphatic rings. The summed E-state index contributed by atoms with van der Waals surface area (Å²) in [4.78, 5) is 0. The van der Waals surface area contributed by atoms with E-state index in [0.29, 0.717) is 0 Å². The summed E-state index contributed by atoms with van der Waals surface area (Å²) in [6, 6.07) is 10.3. The molecular formula is C12H13N3. The van der Waals surface area contributed by atoms with Crippen LogP contribution in [0.2, 0.25) is 0 Å². The number of benzene rings is 1. The molecule has 0 saturated heterocycles. The van der Waals surface area contributed by atoms with E-state index in [1.54, 1.807) is 0 Å². The van der Waals surface area contributed by atoms with Crippen LogP contribution in [0.3, 0.4) is 0 Å². The summed E-state index contributed by atoms with van der Waals surface area (Å²) >= 11 is 0. The third-order valence-corrected chi connectivity index (χ3v) is 2.96. The van der Waals surface area contributed by atoms with E-state index < -0.39 is 0 Å². The van der Waals surface area contributed by atoms with Crippen molar-refractivity contribution in [3.8, 4) is 5.69 Å². The number of nitrogens with two attached hydrogens (primary N) is 1. The Morgan fingerprint density at radius 1 is 1.27 bits per heavy atom. The number of para-hydroxylation sites is 1. The number of aryl methyl sites for hydroxylation is 1. The average molecular weight is 199 g/mol. The highest BCUT2D eigenvalue weighted by atomic mass is 15.3. The van der Waals surface area contributed by atoms with Gasteiger partial charge in [0.15, 0.2) is 0 Å². The molecule has 3 rings (SSSR count). The minimum Gasteiger partial charge on any atom is -0.323 e. The quantitative estimate of drug-likeness (QED) is 0.761. The van der Waals surface area contributed by atoms with E-state index in [1.807, 2.05) is 29.1 Å². The molecule has 1 aromatic carbocycles. The van der Waals surface area contributed by atoms with Crippen LogP contribution in [-0.2, 0) is 6.42 Å². The molecule has 1 atom stereocenters. The van der Waals surface area contributed by atoms with Gasteiger partial charge in [0.05, 0.1) is 17.6 Å². The van der Waals surface area contributed by atoms with Crippen LogP contribution in [0, 0.1) is 0 Å². The van der Waals surface area contributed by atoms with Gasteiger partial charge in [-0.15, -0.1) is 0 Å². The molecule has 2 aromatic rings. The van der Waals surface area contributed by atoms with Crippen LogP contribution in [0.5, 0.6) is 0 Å². The second-order valence-corrected chi connectivity index (χ2v) is 3.95. The molecule has 0 amide bonds. The molecule has 3 heteroatoms. The van der Waals surface area contributed by atoms with Crippen molar-refractivity contribution in [3.05, 3.63) is 47.8 Å². The van der Waals surface area contributed by atoms with Crippen LogP contribution < -0.4 is 5.73 Å². The Kier molecular flexibility index (Phi) is 1.86. The molecule has 0 fully saturated rings. The van der Waals surface area contributed by atoms with Gasteiger partial charge in [0.1, 0.15) is 0 Å². The molecule has 1 heterocycles. The number of nitrogens with zero attached hydrogens (tertiary/aromatic N) is 2. The minimum atomic E-state index is 0.141. The summed E-state index contributed by atoms with van der Waals surface area (Å²) < 4.78 is 1.97. The van der Waals surface area contributed by atoms with Crippen molar-refractivity contribution < 1.29 is 0 Å². The largest absolute Gasteiger partial charge is 0.323 e. The maximum atomic E-state index is 6.07. The first-order valence-corrected chi connectivity index (χ1v) is 5.24. The van der Waals surface area contributed by atoms with Gasteiger partial charge in [0.25, 0.3) is 0 Å². The van der Waals surface area contributed by atoms with E-state index in [-0.39, 0.29) is 6.04 Å². The first kappa shape index (κ1) is 8.68. The Morgan fingerprint density at radius 3 is 2.87 bits per heavy atom. The molecule has 0 bridgehead atoms. The molecule has 1 unspecified atom stereocenters. The van der Waals surface area contributed by atoms with Crippen molar-refractivity contribution in [1.82, 2.24) is 9.78 Å². The summed E-state index contributed by atoms with van der Waals surface area (Å²) in [5.41, 5.74) is 9.64. The fraction of sp³-hybridized carbons (Fsp3) is 0.250. The van der Waals surface area contributed by atoms with Gasteiger partial charge in [0.2, 0.25) is 0 Å². The van der Waals surface area contributed by atoms with Crippen molar-refractivity contribution >= 4 is 0 Å². The van der Waals surface area contributed by atoms with Crippen LogP contribution in [0.4, 0.5) is 0 Å². The third kappa shape index (κ3) is 1.27. The van der Waals surface area contributed by atoms with E-state index in [4.69, 9.17) is 5.73 Å². The molecule has 1 aromatic heterocycles. The summed E-state index contributed by atoms with van der Waals surface area (Å²) in [5, 5.41) is 4.40. The molecular weight excluding hydrogens is 186 g/mol. The SMILES string of the molecule is NC1CCc2cnn(-c3ccccc3)c21. The Balaban J connectivity index is 2.15. The van der Waals surface area contributed by atoms with Gasteiger partial charge >= 0.3 is 0 Å². The number of fused-ring (bicyclic) bond motifs is 1. The Morgan fingerprint density at radius 2 is 2.07 bits per heavy atom. The van der Waals surface area contributed by atoms with Gasteiger partial charge in [-0.1, -0.05) is 18.2 Å². The molecule has 0 saturated carbocycles. The van der Waals surface area contributed by atoms with Gasteiger partial charge in [-0.3, -0.25) is 0 Å². The molecule has 0 radical (unpaired) electrons. The first-order chi connectivity index (χ1) is 7.36. The van der Waals surface area contributed by atoms with Crippen LogP contribution in [0.25, 0.3) is 5.69 Å². The number of rotatable bonds is 1. The Hall–Kier alpha value is -1.61. The Bertz CT molecular complexity index is 473. The van der Waals surface area contributed by atoms with Crippen LogP contribution in [0.1, 0.15) is 23.7 Å². The lowest BCUT2D eigenvalue weighted by atomic mass is 10.2. The van der Waals surface area contributed by atoms with Gasteiger partial charge in [-0.25, -0.2) is 4.68 Å². The zero-order chi connectivity index (χ0) is 10.3. The number of hydrogen-bond donors (Lipinski definition) is 1. The number of aromatic nitrogens is 2. The highest BCUT2D eigenvalue weighted by Gasteiger charge is 2.24. The maximum Gasteiger partial charge on any atom is 0.0649 e. The number of hydrogen-bond acceptors (Lipinski definition) is 2. The summed E-state index contributed by atoms with van der Waals surface area (Å²) in [7, 11) is 0. The highest BCUT2D eigenvalue weighted by Crippen LogP contribution is 2.30. The second-order valence-electron chi connectivity index (χ2n) is 3.95. The van der Waals surface area contributed by atoms with Gasteiger partial charge in [-0.2, -0.15) is 5.10 Å². The standard InChI is InChI=1S/C12H13N3/c13-11-7-6-9-8-14-15(12(9)11)10-4-2-1-3-5-10/h1-5,8,11H,6-7,13H2. The monoisotopic (exact) mass is 199 g/mol.